The number of nitrogens with one attached hydrogen (secondary N) is 1. The fraction of sp³-hybridized carbons (Fsp3) is 0.389. The lowest BCUT2D eigenvalue weighted by atomic mass is 9.95. The van der Waals surface area contributed by atoms with Crippen molar-refractivity contribution < 1.29 is 4.74 Å². The SMILES string of the molecule is CNC(CCc1ccccn1)c1cccc2c1OCCC2. The molecule has 0 bridgehead atoms. The highest BCUT2D eigenvalue weighted by Crippen LogP contribution is 2.34. The van der Waals surface area contributed by atoms with E-state index in [9.17, 15) is 0 Å². The Labute approximate surface area is 126 Å². The Bertz CT molecular complexity index is 583. The van der Waals surface area contributed by atoms with Gasteiger partial charge in [0, 0.05) is 23.5 Å². The van der Waals surface area contributed by atoms with Crippen molar-refractivity contribution in [2.45, 2.75) is 31.7 Å². The lowest BCUT2D eigenvalue weighted by Crippen LogP contribution is -2.20. The van der Waals surface area contributed by atoms with Crippen LogP contribution in [0.25, 0.3) is 0 Å². The molecular weight excluding hydrogens is 260 g/mol. The number of hydrogen-bond acceptors (Lipinski definition) is 3. The van der Waals surface area contributed by atoms with Gasteiger partial charge in [0.25, 0.3) is 0 Å². The van der Waals surface area contributed by atoms with Crippen LogP contribution in [-0.4, -0.2) is 18.6 Å². The smallest absolute Gasteiger partial charge is 0.127 e. The van der Waals surface area contributed by atoms with Gasteiger partial charge in [-0.3, -0.25) is 4.98 Å². The van der Waals surface area contributed by atoms with E-state index in [1.54, 1.807) is 0 Å². The second-order valence-electron chi connectivity index (χ2n) is 5.49. The topological polar surface area (TPSA) is 34.2 Å². The summed E-state index contributed by atoms with van der Waals surface area (Å²) in [5.74, 6) is 1.10. The zero-order valence-corrected chi connectivity index (χ0v) is 12.5. The molecule has 1 unspecified atom stereocenters. The fourth-order valence-electron chi connectivity index (χ4n) is 2.98. The normalized spacial score (nSPS) is 15.1. The van der Waals surface area contributed by atoms with Gasteiger partial charge in [0.15, 0.2) is 0 Å². The van der Waals surface area contributed by atoms with Gasteiger partial charge >= 0.3 is 0 Å². The number of aromatic nitrogens is 1. The van der Waals surface area contributed by atoms with Gasteiger partial charge in [-0.2, -0.15) is 0 Å². The van der Waals surface area contributed by atoms with Crippen molar-refractivity contribution in [3.8, 4) is 5.75 Å². The van der Waals surface area contributed by atoms with E-state index in [2.05, 4.69) is 34.6 Å². The largest absolute Gasteiger partial charge is 0.493 e. The van der Waals surface area contributed by atoms with Crippen LogP contribution in [0, 0.1) is 0 Å². The van der Waals surface area contributed by atoms with E-state index in [1.165, 1.54) is 11.1 Å². The predicted octanol–water partition coefficient (Wildman–Crippen LogP) is 3.30. The average Bonchev–Trinajstić information content (AvgIpc) is 2.56. The first-order valence-corrected chi connectivity index (χ1v) is 7.70. The summed E-state index contributed by atoms with van der Waals surface area (Å²) in [7, 11) is 2.02. The Morgan fingerprint density at radius 1 is 1.24 bits per heavy atom. The van der Waals surface area contributed by atoms with Gasteiger partial charge in [-0.25, -0.2) is 0 Å². The number of aryl methyl sites for hydroxylation is 2. The van der Waals surface area contributed by atoms with E-state index in [0.29, 0.717) is 6.04 Å². The molecule has 1 aliphatic rings. The highest BCUT2D eigenvalue weighted by atomic mass is 16.5. The summed E-state index contributed by atoms with van der Waals surface area (Å²) in [5, 5.41) is 3.43. The molecule has 21 heavy (non-hydrogen) atoms. The second kappa shape index (κ2) is 6.72. The number of pyridine rings is 1. The molecule has 0 radical (unpaired) electrons. The zero-order valence-electron chi connectivity index (χ0n) is 12.5. The van der Waals surface area contributed by atoms with Crippen LogP contribution < -0.4 is 10.1 Å². The molecule has 1 aromatic carbocycles. The van der Waals surface area contributed by atoms with Crippen molar-refractivity contribution in [2.75, 3.05) is 13.7 Å². The van der Waals surface area contributed by atoms with Crippen molar-refractivity contribution >= 4 is 0 Å². The molecule has 110 valence electrons. The van der Waals surface area contributed by atoms with Crippen molar-refractivity contribution in [1.82, 2.24) is 10.3 Å². The van der Waals surface area contributed by atoms with Crippen molar-refractivity contribution in [2.24, 2.45) is 0 Å². The minimum absolute atomic E-state index is 0.306. The molecule has 1 aliphatic heterocycles. The van der Waals surface area contributed by atoms with Gasteiger partial charge in [-0.15, -0.1) is 0 Å². The van der Waals surface area contributed by atoms with Crippen LogP contribution in [0.1, 0.15) is 35.7 Å². The van der Waals surface area contributed by atoms with Crippen LogP contribution in [0.3, 0.4) is 0 Å². The number of benzene rings is 1. The van der Waals surface area contributed by atoms with Crippen LogP contribution >= 0.6 is 0 Å². The molecule has 3 heteroatoms. The molecule has 0 fully saturated rings. The summed E-state index contributed by atoms with van der Waals surface area (Å²) in [4.78, 5) is 4.41. The van der Waals surface area contributed by atoms with Gasteiger partial charge < -0.3 is 10.1 Å². The zero-order chi connectivity index (χ0) is 14.5. The van der Waals surface area contributed by atoms with Gasteiger partial charge in [-0.1, -0.05) is 24.3 Å². The van der Waals surface area contributed by atoms with E-state index in [1.807, 2.05) is 25.4 Å². The number of rotatable bonds is 5. The van der Waals surface area contributed by atoms with E-state index >= 15 is 0 Å². The standard InChI is InChI=1S/C18H22N2O/c1-19-17(11-10-15-8-2-3-12-20-15)16-9-4-6-14-7-5-13-21-18(14)16/h2-4,6,8-9,12,17,19H,5,7,10-11,13H2,1H3. The van der Waals surface area contributed by atoms with Crippen LogP contribution in [0.2, 0.25) is 0 Å². The molecular formula is C18H22N2O. The minimum Gasteiger partial charge on any atom is -0.493 e. The molecule has 0 aliphatic carbocycles. The maximum absolute atomic E-state index is 5.93. The first-order chi connectivity index (χ1) is 10.4. The molecule has 0 amide bonds. The summed E-state index contributed by atoms with van der Waals surface area (Å²) < 4.78 is 5.93. The minimum atomic E-state index is 0.306. The molecule has 3 nitrogen and oxygen atoms in total. The molecule has 0 saturated carbocycles. The number of nitrogens with zero attached hydrogens (tertiary/aromatic N) is 1. The number of fused-ring (bicyclic) bond motifs is 1. The van der Waals surface area contributed by atoms with Crippen molar-refractivity contribution in [3.05, 3.63) is 59.4 Å². The first-order valence-electron chi connectivity index (χ1n) is 7.70. The first kappa shape index (κ1) is 14.1. The number of ether oxygens (including phenoxy) is 1. The summed E-state index contributed by atoms with van der Waals surface area (Å²) >= 11 is 0. The van der Waals surface area contributed by atoms with Crippen LogP contribution in [-0.2, 0) is 12.8 Å². The van der Waals surface area contributed by atoms with E-state index < -0.39 is 0 Å². The second-order valence-corrected chi connectivity index (χ2v) is 5.49. The third-order valence-electron chi connectivity index (χ3n) is 4.10. The highest BCUT2D eigenvalue weighted by molar-refractivity contribution is 5.44. The molecule has 0 spiro atoms. The van der Waals surface area contributed by atoms with Gasteiger partial charge in [0.2, 0.25) is 0 Å². The third kappa shape index (κ3) is 3.24. The molecule has 2 aromatic rings. The number of hydrogen-bond donors (Lipinski definition) is 1. The Morgan fingerprint density at radius 2 is 2.19 bits per heavy atom. The quantitative estimate of drug-likeness (QED) is 0.913. The van der Waals surface area contributed by atoms with E-state index in [-0.39, 0.29) is 0 Å². The Hall–Kier alpha value is -1.87. The van der Waals surface area contributed by atoms with Gasteiger partial charge in [0.1, 0.15) is 5.75 Å². The summed E-state index contributed by atoms with van der Waals surface area (Å²) in [6, 6.07) is 12.9. The van der Waals surface area contributed by atoms with Gasteiger partial charge in [-0.05, 0) is 50.4 Å². The summed E-state index contributed by atoms with van der Waals surface area (Å²) in [6.45, 7) is 0.834. The monoisotopic (exact) mass is 282 g/mol. The lowest BCUT2D eigenvalue weighted by Gasteiger charge is -2.25. The molecule has 1 N–H and O–H groups in total. The summed E-state index contributed by atoms with van der Waals surface area (Å²) in [6.07, 6.45) is 6.09. The third-order valence-corrected chi connectivity index (χ3v) is 4.10. The van der Waals surface area contributed by atoms with Crippen molar-refractivity contribution in [3.63, 3.8) is 0 Å². The van der Waals surface area contributed by atoms with Crippen LogP contribution in [0.5, 0.6) is 5.75 Å². The van der Waals surface area contributed by atoms with Crippen LogP contribution in [0.4, 0.5) is 0 Å². The molecule has 1 aromatic heterocycles. The highest BCUT2D eigenvalue weighted by Gasteiger charge is 2.19. The Morgan fingerprint density at radius 3 is 3.00 bits per heavy atom. The maximum atomic E-state index is 5.93. The molecule has 2 heterocycles. The van der Waals surface area contributed by atoms with Crippen LogP contribution in [0.15, 0.2) is 42.6 Å². The average molecular weight is 282 g/mol. The van der Waals surface area contributed by atoms with E-state index in [0.717, 1.165) is 43.7 Å². The van der Waals surface area contributed by atoms with Crippen molar-refractivity contribution in [1.29, 1.82) is 0 Å². The number of para-hydroxylation sites is 1. The van der Waals surface area contributed by atoms with Gasteiger partial charge in [0.05, 0.1) is 6.61 Å². The maximum Gasteiger partial charge on any atom is 0.127 e. The predicted molar refractivity (Wildman–Crippen MR) is 84.6 cm³/mol. The molecule has 3 rings (SSSR count). The lowest BCUT2D eigenvalue weighted by molar-refractivity contribution is 0.281. The fourth-order valence-corrected chi connectivity index (χ4v) is 2.98. The Balaban J connectivity index is 1.77. The molecule has 0 saturated heterocycles. The summed E-state index contributed by atoms with van der Waals surface area (Å²) in [5.41, 5.74) is 3.77. The molecule has 1 atom stereocenters. The van der Waals surface area contributed by atoms with E-state index in [4.69, 9.17) is 4.74 Å². The Kier molecular flexibility index (Phi) is 4.51.